The van der Waals surface area contributed by atoms with Crippen LogP contribution in [0.2, 0.25) is 0 Å². The van der Waals surface area contributed by atoms with Gasteiger partial charge in [-0.25, -0.2) is 0 Å². The summed E-state index contributed by atoms with van der Waals surface area (Å²) in [7, 11) is -2.03. The van der Waals surface area contributed by atoms with Crippen LogP contribution in [-0.4, -0.2) is 14.9 Å². The van der Waals surface area contributed by atoms with E-state index in [1.165, 1.54) is 0 Å². The van der Waals surface area contributed by atoms with Gasteiger partial charge in [0, 0.05) is 5.30 Å². The van der Waals surface area contributed by atoms with E-state index in [0.29, 0.717) is 10.9 Å². The first-order chi connectivity index (χ1) is 5.24. The highest BCUT2D eigenvalue weighted by Crippen LogP contribution is 2.21. The van der Waals surface area contributed by atoms with Gasteiger partial charge in [-0.15, -0.1) is 0 Å². The lowest BCUT2D eigenvalue weighted by molar-refractivity contribution is 0.282. The van der Waals surface area contributed by atoms with Gasteiger partial charge in [0.15, 0.2) is 8.38 Å². The summed E-state index contributed by atoms with van der Waals surface area (Å²) in [6.45, 7) is -0.0724. The van der Waals surface area contributed by atoms with Crippen LogP contribution in [0.4, 0.5) is 0 Å². The monoisotopic (exact) mass is 172 g/mol. The highest BCUT2D eigenvalue weighted by molar-refractivity contribution is 7.54. The number of hydrogen-bond acceptors (Lipinski definition) is 3. The van der Waals surface area contributed by atoms with E-state index < -0.39 is 8.38 Å². The maximum Gasteiger partial charge on any atom is 0.199 e. The number of aliphatic hydroxyl groups is 1. The molecule has 0 fully saturated rings. The van der Waals surface area contributed by atoms with Gasteiger partial charge in [-0.05, 0) is 17.7 Å². The van der Waals surface area contributed by atoms with Crippen LogP contribution in [-0.2, 0) is 6.61 Å². The molecular weight excluding hydrogens is 163 g/mol. The molecule has 60 valence electrons. The molecule has 0 unspecified atom stereocenters. The van der Waals surface area contributed by atoms with E-state index in [2.05, 4.69) is 0 Å². The third-order valence-electron chi connectivity index (χ3n) is 1.32. The molecule has 1 aromatic carbocycles. The molecule has 4 heteroatoms. The van der Waals surface area contributed by atoms with E-state index in [1.54, 1.807) is 24.3 Å². The molecule has 0 radical (unpaired) electrons. The van der Waals surface area contributed by atoms with Gasteiger partial charge in [0.25, 0.3) is 0 Å². The van der Waals surface area contributed by atoms with Gasteiger partial charge in [0.1, 0.15) is 0 Å². The molecule has 0 aliphatic heterocycles. The van der Waals surface area contributed by atoms with Gasteiger partial charge in [0.2, 0.25) is 0 Å². The first kappa shape index (κ1) is 8.62. The molecule has 0 aliphatic carbocycles. The van der Waals surface area contributed by atoms with Crippen molar-refractivity contribution in [2.24, 2.45) is 0 Å². The summed E-state index contributed by atoms with van der Waals surface area (Å²) in [5, 5.41) is 9.15. The Labute approximate surface area is 65.9 Å². The van der Waals surface area contributed by atoms with E-state index in [4.69, 9.17) is 14.9 Å². The van der Waals surface area contributed by atoms with Crippen molar-refractivity contribution in [1.29, 1.82) is 0 Å². The van der Waals surface area contributed by atoms with Crippen molar-refractivity contribution in [3.05, 3.63) is 29.8 Å². The average Bonchev–Trinajstić information content (AvgIpc) is 2.05. The van der Waals surface area contributed by atoms with E-state index in [0.717, 1.165) is 0 Å². The number of aliphatic hydroxyl groups excluding tert-OH is 1. The maximum absolute atomic E-state index is 8.78. The Bertz CT molecular complexity index is 237. The minimum Gasteiger partial charge on any atom is -0.392 e. The summed E-state index contributed by atoms with van der Waals surface area (Å²) in [5.41, 5.74) is 0.693. The zero-order valence-electron chi connectivity index (χ0n) is 5.81. The summed E-state index contributed by atoms with van der Waals surface area (Å²) >= 11 is 0. The predicted octanol–water partition coefficient (Wildman–Crippen LogP) is 0.101. The van der Waals surface area contributed by atoms with Crippen molar-refractivity contribution in [2.75, 3.05) is 0 Å². The molecule has 1 aromatic rings. The summed E-state index contributed by atoms with van der Waals surface area (Å²) in [4.78, 5) is 17.6. The molecule has 0 atom stereocenters. The second-order valence-electron chi connectivity index (χ2n) is 2.12. The van der Waals surface area contributed by atoms with Crippen LogP contribution in [0.15, 0.2) is 24.3 Å². The quantitative estimate of drug-likeness (QED) is 0.554. The molecule has 0 saturated carbocycles. The van der Waals surface area contributed by atoms with Crippen molar-refractivity contribution in [3.8, 4) is 0 Å². The topological polar surface area (TPSA) is 60.7 Å². The Morgan fingerprint density at radius 3 is 2.55 bits per heavy atom. The molecule has 0 aliphatic rings. The Kier molecular flexibility index (Phi) is 2.97. The fourth-order valence-electron chi connectivity index (χ4n) is 0.779. The van der Waals surface area contributed by atoms with Crippen molar-refractivity contribution in [2.45, 2.75) is 6.61 Å². The zero-order valence-corrected chi connectivity index (χ0v) is 6.70. The van der Waals surface area contributed by atoms with Crippen molar-refractivity contribution in [1.82, 2.24) is 0 Å². The first-order valence-electron chi connectivity index (χ1n) is 3.11. The SMILES string of the molecule is OCc1cccc(P(O)O)c1. The van der Waals surface area contributed by atoms with Gasteiger partial charge in [-0.3, -0.25) is 0 Å². The summed E-state index contributed by atoms with van der Waals surface area (Å²) in [6.07, 6.45) is 0. The standard InChI is InChI=1S/C7H9O3P/c8-5-6-2-1-3-7(4-6)11(9)10/h1-4,8-10H,5H2. The van der Waals surface area contributed by atoms with Crippen LogP contribution < -0.4 is 5.30 Å². The summed E-state index contributed by atoms with van der Waals surface area (Å²) in [5.74, 6) is 0. The zero-order chi connectivity index (χ0) is 8.27. The van der Waals surface area contributed by atoms with Gasteiger partial charge in [0.05, 0.1) is 6.61 Å². The normalized spacial score (nSPS) is 10.5. The van der Waals surface area contributed by atoms with Crippen LogP contribution in [0, 0.1) is 0 Å². The third-order valence-corrected chi connectivity index (χ3v) is 2.06. The lowest BCUT2D eigenvalue weighted by Gasteiger charge is -2.02. The van der Waals surface area contributed by atoms with Crippen molar-refractivity contribution < 1.29 is 14.9 Å². The molecule has 0 aromatic heterocycles. The number of rotatable bonds is 2. The molecule has 1 rings (SSSR count). The molecule has 3 nitrogen and oxygen atoms in total. The van der Waals surface area contributed by atoms with Gasteiger partial charge >= 0.3 is 0 Å². The minimum absolute atomic E-state index is 0.0724. The smallest absolute Gasteiger partial charge is 0.199 e. The summed E-state index contributed by atoms with van der Waals surface area (Å²) in [6, 6.07) is 6.60. The average molecular weight is 172 g/mol. The Morgan fingerprint density at radius 2 is 2.00 bits per heavy atom. The van der Waals surface area contributed by atoms with E-state index in [-0.39, 0.29) is 6.61 Å². The van der Waals surface area contributed by atoms with Gasteiger partial charge < -0.3 is 14.9 Å². The second-order valence-corrected chi connectivity index (χ2v) is 3.21. The molecule has 0 saturated heterocycles. The molecule has 11 heavy (non-hydrogen) atoms. The van der Waals surface area contributed by atoms with E-state index in [1.807, 2.05) is 0 Å². The highest BCUT2D eigenvalue weighted by Gasteiger charge is 2.02. The lowest BCUT2D eigenvalue weighted by atomic mass is 10.2. The molecule has 0 amide bonds. The molecule has 0 bridgehead atoms. The van der Waals surface area contributed by atoms with Gasteiger partial charge in [-0.1, -0.05) is 12.1 Å². The fourth-order valence-corrected chi connectivity index (χ4v) is 1.28. The fraction of sp³-hybridized carbons (Fsp3) is 0.143. The van der Waals surface area contributed by atoms with Crippen molar-refractivity contribution in [3.63, 3.8) is 0 Å². The summed E-state index contributed by atoms with van der Waals surface area (Å²) < 4.78 is 0. The predicted molar refractivity (Wildman–Crippen MR) is 43.4 cm³/mol. The Morgan fingerprint density at radius 1 is 1.27 bits per heavy atom. The van der Waals surface area contributed by atoms with Crippen LogP contribution in [0.1, 0.15) is 5.56 Å². The van der Waals surface area contributed by atoms with E-state index >= 15 is 0 Å². The molecule has 0 heterocycles. The Hall–Kier alpha value is -0.470. The van der Waals surface area contributed by atoms with Gasteiger partial charge in [-0.2, -0.15) is 0 Å². The van der Waals surface area contributed by atoms with Crippen LogP contribution in [0.25, 0.3) is 0 Å². The lowest BCUT2D eigenvalue weighted by Crippen LogP contribution is -2.00. The van der Waals surface area contributed by atoms with Crippen molar-refractivity contribution >= 4 is 13.7 Å². The first-order valence-corrected chi connectivity index (χ1v) is 4.36. The van der Waals surface area contributed by atoms with Crippen LogP contribution in [0.5, 0.6) is 0 Å². The molecular formula is C7H9O3P. The molecule has 0 spiro atoms. The largest absolute Gasteiger partial charge is 0.392 e. The number of hydrogen-bond donors (Lipinski definition) is 3. The Balaban J connectivity index is 2.91. The van der Waals surface area contributed by atoms with E-state index in [9.17, 15) is 0 Å². The molecule has 3 N–H and O–H groups in total. The highest BCUT2D eigenvalue weighted by atomic mass is 31.2. The maximum atomic E-state index is 8.78. The number of benzene rings is 1. The second kappa shape index (κ2) is 3.79. The van der Waals surface area contributed by atoms with Crippen LogP contribution in [0.3, 0.4) is 0 Å². The minimum atomic E-state index is -2.03. The third kappa shape index (κ3) is 2.24. The van der Waals surface area contributed by atoms with Crippen LogP contribution >= 0.6 is 8.38 Å².